The molecule has 0 saturated heterocycles. The van der Waals surface area contributed by atoms with E-state index < -0.39 is 35.6 Å². The molecule has 0 bridgehead atoms. The summed E-state index contributed by atoms with van der Waals surface area (Å²) in [5, 5.41) is -0.151. The van der Waals surface area contributed by atoms with E-state index in [0.717, 1.165) is 6.07 Å². The third kappa shape index (κ3) is 4.11. The van der Waals surface area contributed by atoms with Crippen molar-refractivity contribution in [1.82, 2.24) is 0 Å². The van der Waals surface area contributed by atoms with Crippen LogP contribution in [-0.2, 0) is 11.0 Å². The van der Waals surface area contributed by atoms with Crippen molar-refractivity contribution in [2.75, 3.05) is 6.61 Å². The molecule has 0 spiro atoms. The number of para-hydroxylation sites is 1. The molecule has 146 valence electrons. The number of primary amides is 1. The quantitative estimate of drug-likeness (QED) is 0.618. The van der Waals surface area contributed by atoms with Gasteiger partial charge in [-0.2, -0.15) is 13.2 Å². The number of amides is 1. The molecule has 0 atom stereocenters. The van der Waals surface area contributed by atoms with E-state index in [9.17, 15) is 22.8 Å². The number of alkyl halides is 3. The number of hydrogen-bond acceptors (Lipinski definition) is 5. The molecule has 3 rings (SSSR count). The molecule has 1 aromatic heterocycles. The van der Waals surface area contributed by atoms with Crippen molar-refractivity contribution in [3.63, 3.8) is 0 Å². The number of fused-ring (bicyclic) bond motifs is 1. The van der Waals surface area contributed by atoms with Crippen molar-refractivity contribution in [1.29, 1.82) is 0 Å². The number of carbonyl (C=O) groups is 1. The molecule has 0 saturated carbocycles. The van der Waals surface area contributed by atoms with Crippen molar-refractivity contribution >= 4 is 32.8 Å². The summed E-state index contributed by atoms with van der Waals surface area (Å²) in [5.74, 6) is -3.32. The van der Waals surface area contributed by atoms with E-state index in [1.807, 2.05) is 0 Å². The SMILES string of the molecule is NC(=O)COc1ccc2c(=O)c(Oc3ccccc3Br)c(C(F)(F)F)oc2c1. The molecular weight excluding hydrogens is 447 g/mol. The first-order chi connectivity index (χ1) is 13.2. The Hall–Kier alpha value is -3.01. The minimum Gasteiger partial charge on any atom is -0.484 e. The lowest BCUT2D eigenvalue weighted by atomic mass is 10.2. The van der Waals surface area contributed by atoms with Crippen LogP contribution in [0.4, 0.5) is 13.2 Å². The number of ether oxygens (including phenoxy) is 2. The van der Waals surface area contributed by atoms with Gasteiger partial charge in [0.05, 0.1) is 9.86 Å². The Kier molecular flexibility index (Phi) is 5.32. The van der Waals surface area contributed by atoms with Gasteiger partial charge >= 0.3 is 6.18 Å². The van der Waals surface area contributed by atoms with Gasteiger partial charge in [0.1, 0.15) is 17.1 Å². The van der Waals surface area contributed by atoms with Gasteiger partial charge in [0.2, 0.25) is 11.2 Å². The second-order valence-electron chi connectivity index (χ2n) is 5.53. The van der Waals surface area contributed by atoms with Crippen molar-refractivity contribution < 1.29 is 31.9 Å². The van der Waals surface area contributed by atoms with E-state index in [-0.39, 0.29) is 22.5 Å². The Morgan fingerprint density at radius 2 is 1.89 bits per heavy atom. The molecule has 10 heteroatoms. The molecule has 3 aromatic rings. The number of nitrogens with two attached hydrogens (primary N) is 1. The summed E-state index contributed by atoms with van der Waals surface area (Å²) < 4.78 is 56.1. The smallest absolute Gasteiger partial charge is 0.453 e. The second-order valence-corrected chi connectivity index (χ2v) is 6.39. The predicted molar refractivity (Wildman–Crippen MR) is 96.4 cm³/mol. The first-order valence-electron chi connectivity index (χ1n) is 7.68. The number of halogens is 4. The van der Waals surface area contributed by atoms with Crippen LogP contribution in [0.2, 0.25) is 0 Å². The van der Waals surface area contributed by atoms with Crippen LogP contribution in [0.3, 0.4) is 0 Å². The van der Waals surface area contributed by atoms with Crippen LogP contribution >= 0.6 is 15.9 Å². The fourth-order valence-corrected chi connectivity index (χ4v) is 2.68. The van der Waals surface area contributed by atoms with E-state index in [2.05, 4.69) is 15.9 Å². The van der Waals surface area contributed by atoms with Crippen LogP contribution in [-0.4, -0.2) is 12.5 Å². The predicted octanol–water partition coefficient (Wildman–Crippen LogP) is 4.23. The van der Waals surface area contributed by atoms with Crippen LogP contribution in [0.15, 0.2) is 56.1 Å². The van der Waals surface area contributed by atoms with Crippen LogP contribution in [0.1, 0.15) is 5.76 Å². The summed E-state index contributed by atoms with van der Waals surface area (Å²) >= 11 is 3.15. The van der Waals surface area contributed by atoms with E-state index >= 15 is 0 Å². The van der Waals surface area contributed by atoms with Gasteiger partial charge < -0.3 is 19.6 Å². The molecule has 1 amide bonds. The maximum Gasteiger partial charge on any atom is 0.453 e. The Labute approximate surface area is 163 Å². The Morgan fingerprint density at radius 3 is 2.54 bits per heavy atom. The largest absolute Gasteiger partial charge is 0.484 e. The average molecular weight is 458 g/mol. The first kappa shape index (κ1) is 19.7. The molecule has 2 N–H and O–H groups in total. The first-order valence-corrected chi connectivity index (χ1v) is 8.47. The van der Waals surface area contributed by atoms with Crippen molar-refractivity contribution in [2.45, 2.75) is 6.18 Å². The third-order valence-electron chi connectivity index (χ3n) is 3.51. The highest BCUT2D eigenvalue weighted by molar-refractivity contribution is 9.10. The molecule has 2 aromatic carbocycles. The lowest BCUT2D eigenvalue weighted by molar-refractivity contribution is -0.154. The molecule has 0 fully saturated rings. The molecule has 0 aliphatic rings. The molecule has 0 aliphatic carbocycles. The number of benzene rings is 2. The second kappa shape index (κ2) is 7.55. The zero-order valence-electron chi connectivity index (χ0n) is 13.9. The van der Waals surface area contributed by atoms with Crippen molar-refractivity contribution in [3.05, 3.63) is 62.9 Å². The summed E-state index contributed by atoms with van der Waals surface area (Å²) in [6.45, 7) is -0.481. The van der Waals surface area contributed by atoms with E-state index in [0.29, 0.717) is 4.47 Å². The molecule has 0 aliphatic heterocycles. The molecular formula is C18H11BrF3NO5. The molecule has 6 nitrogen and oxygen atoms in total. The topological polar surface area (TPSA) is 91.8 Å². The summed E-state index contributed by atoms with van der Waals surface area (Å²) in [6, 6.07) is 9.71. The lowest BCUT2D eigenvalue weighted by Crippen LogP contribution is -2.20. The van der Waals surface area contributed by atoms with Crippen LogP contribution in [0, 0.1) is 0 Å². The Morgan fingerprint density at radius 1 is 1.18 bits per heavy atom. The molecule has 0 unspecified atom stereocenters. The minimum atomic E-state index is -4.99. The summed E-state index contributed by atoms with van der Waals surface area (Å²) in [5.41, 5.74) is 3.57. The highest BCUT2D eigenvalue weighted by Crippen LogP contribution is 2.39. The monoisotopic (exact) mass is 457 g/mol. The van der Waals surface area contributed by atoms with E-state index in [4.69, 9.17) is 19.6 Å². The molecule has 28 heavy (non-hydrogen) atoms. The Balaban J connectivity index is 2.16. The van der Waals surface area contributed by atoms with Gasteiger partial charge in [-0.1, -0.05) is 12.1 Å². The zero-order chi connectivity index (χ0) is 20.5. The van der Waals surface area contributed by atoms with E-state index in [1.54, 1.807) is 18.2 Å². The van der Waals surface area contributed by atoms with Gasteiger partial charge in [-0.25, -0.2) is 0 Å². The Bertz CT molecular complexity index is 1110. The highest BCUT2D eigenvalue weighted by Gasteiger charge is 2.40. The van der Waals surface area contributed by atoms with Crippen LogP contribution in [0.5, 0.6) is 17.2 Å². The fourth-order valence-electron chi connectivity index (χ4n) is 2.32. The third-order valence-corrected chi connectivity index (χ3v) is 4.16. The normalized spacial score (nSPS) is 11.4. The maximum absolute atomic E-state index is 13.5. The summed E-state index contributed by atoms with van der Waals surface area (Å²) in [4.78, 5) is 23.5. The fraction of sp³-hybridized carbons (Fsp3) is 0.111. The van der Waals surface area contributed by atoms with E-state index in [1.165, 1.54) is 18.2 Å². The maximum atomic E-state index is 13.5. The summed E-state index contributed by atoms with van der Waals surface area (Å²) in [6.07, 6.45) is -4.99. The van der Waals surface area contributed by atoms with Gasteiger partial charge in [-0.3, -0.25) is 9.59 Å². The molecule has 0 radical (unpaired) electrons. The lowest BCUT2D eigenvalue weighted by Gasteiger charge is -2.14. The highest BCUT2D eigenvalue weighted by atomic mass is 79.9. The zero-order valence-corrected chi connectivity index (χ0v) is 15.5. The van der Waals surface area contributed by atoms with Crippen LogP contribution < -0.4 is 20.6 Å². The number of rotatable bonds is 5. The molecule has 1 heterocycles. The van der Waals surface area contributed by atoms with Gasteiger partial charge in [0.15, 0.2) is 6.61 Å². The summed E-state index contributed by atoms with van der Waals surface area (Å²) in [7, 11) is 0. The average Bonchev–Trinajstić information content (AvgIpc) is 2.62. The van der Waals surface area contributed by atoms with Crippen LogP contribution in [0.25, 0.3) is 11.0 Å². The minimum absolute atomic E-state index is 0.0149. The van der Waals surface area contributed by atoms with Gasteiger partial charge in [-0.05, 0) is 40.2 Å². The van der Waals surface area contributed by atoms with Gasteiger partial charge in [0, 0.05) is 6.07 Å². The standard InChI is InChI=1S/C18H11BrF3NO5/c19-11-3-1-2-4-12(11)27-16-15(25)10-6-5-9(26-8-14(23)24)7-13(10)28-17(16)18(20,21)22/h1-7H,8H2,(H2,23,24). The van der Waals surface area contributed by atoms with Gasteiger partial charge in [-0.15, -0.1) is 0 Å². The van der Waals surface area contributed by atoms with Crippen molar-refractivity contribution in [3.8, 4) is 17.2 Å². The van der Waals surface area contributed by atoms with Crippen molar-refractivity contribution in [2.24, 2.45) is 5.73 Å². The number of carbonyl (C=O) groups excluding carboxylic acids is 1. The van der Waals surface area contributed by atoms with Gasteiger partial charge in [0.25, 0.3) is 11.7 Å². The number of hydrogen-bond donors (Lipinski definition) is 1.